The molecule has 9 heteroatoms. The molecule has 1 N–H and O–H groups in total. The van der Waals surface area contributed by atoms with Crippen LogP contribution >= 0.6 is 11.8 Å². The lowest BCUT2D eigenvalue weighted by Gasteiger charge is -2.21. The Balaban J connectivity index is 1.31. The fourth-order valence-electron chi connectivity index (χ4n) is 2.59. The second-order valence-electron chi connectivity index (χ2n) is 5.83. The van der Waals surface area contributed by atoms with Crippen molar-refractivity contribution in [2.75, 3.05) is 19.0 Å². The fraction of sp³-hybridized carbons (Fsp3) is 0.278. The van der Waals surface area contributed by atoms with Crippen molar-refractivity contribution in [2.45, 2.75) is 18.2 Å². The minimum Gasteiger partial charge on any atom is -0.486 e. The maximum absolute atomic E-state index is 12.2. The predicted octanol–water partition coefficient (Wildman–Crippen LogP) is 3.07. The largest absolute Gasteiger partial charge is 0.486 e. The Bertz CT molecular complexity index is 925. The third-order valence-electron chi connectivity index (χ3n) is 3.91. The normalized spacial score (nSPS) is 14.0. The van der Waals surface area contributed by atoms with Crippen LogP contribution in [0.3, 0.4) is 0 Å². The zero-order chi connectivity index (χ0) is 18.6. The van der Waals surface area contributed by atoms with Crippen LogP contribution in [0, 0.1) is 0 Å². The first-order chi connectivity index (χ1) is 13.2. The Labute approximate surface area is 159 Å². The van der Waals surface area contributed by atoms with Crippen LogP contribution in [0.4, 0.5) is 0 Å². The van der Waals surface area contributed by atoms with Crippen LogP contribution in [-0.2, 0) is 4.79 Å². The fourth-order valence-corrected chi connectivity index (χ4v) is 3.17. The van der Waals surface area contributed by atoms with E-state index < -0.39 is 0 Å². The van der Waals surface area contributed by atoms with E-state index >= 15 is 0 Å². The molecule has 2 aromatic heterocycles. The van der Waals surface area contributed by atoms with Gasteiger partial charge in [-0.25, -0.2) is 0 Å². The Morgan fingerprint density at radius 2 is 2.07 bits per heavy atom. The van der Waals surface area contributed by atoms with E-state index in [-0.39, 0.29) is 23.6 Å². The number of fused-ring (bicyclic) bond motifs is 1. The molecule has 0 bridgehead atoms. The smallest absolute Gasteiger partial charge is 0.284 e. The lowest BCUT2D eigenvalue weighted by atomic mass is 10.1. The van der Waals surface area contributed by atoms with Gasteiger partial charge in [0.1, 0.15) is 13.2 Å². The molecule has 0 fully saturated rings. The summed E-state index contributed by atoms with van der Waals surface area (Å²) < 4.78 is 21.8. The van der Waals surface area contributed by atoms with Crippen molar-refractivity contribution in [3.8, 4) is 23.1 Å². The van der Waals surface area contributed by atoms with Gasteiger partial charge in [-0.05, 0) is 36.8 Å². The van der Waals surface area contributed by atoms with Gasteiger partial charge >= 0.3 is 0 Å². The quantitative estimate of drug-likeness (QED) is 0.644. The molecule has 1 atom stereocenters. The minimum absolute atomic E-state index is 0.139. The summed E-state index contributed by atoms with van der Waals surface area (Å²) in [5.41, 5.74) is 0.940. The van der Waals surface area contributed by atoms with E-state index in [2.05, 4.69) is 15.5 Å². The summed E-state index contributed by atoms with van der Waals surface area (Å²) >= 11 is 1.17. The summed E-state index contributed by atoms with van der Waals surface area (Å²) in [6.07, 6.45) is 1.53. The van der Waals surface area contributed by atoms with E-state index in [1.165, 1.54) is 18.0 Å². The minimum atomic E-state index is -0.171. The molecule has 1 unspecified atom stereocenters. The molecule has 0 saturated heterocycles. The van der Waals surface area contributed by atoms with Crippen molar-refractivity contribution in [3.63, 3.8) is 0 Å². The van der Waals surface area contributed by atoms with Gasteiger partial charge in [0.05, 0.1) is 18.1 Å². The van der Waals surface area contributed by atoms with Gasteiger partial charge in [0.15, 0.2) is 17.3 Å². The van der Waals surface area contributed by atoms with Crippen molar-refractivity contribution in [1.29, 1.82) is 0 Å². The average molecular weight is 387 g/mol. The number of rotatable bonds is 6. The number of furan rings is 1. The number of nitrogens with one attached hydrogen (secondary N) is 1. The Hall–Kier alpha value is -2.94. The van der Waals surface area contributed by atoms with Crippen molar-refractivity contribution in [1.82, 2.24) is 15.5 Å². The summed E-state index contributed by atoms with van der Waals surface area (Å²) in [7, 11) is 0. The number of carbonyl (C=O) groups is 1. The average Bonchev–Trinajstić information content (AvgIpc) is 3.37. The lowest BCUT2D eigenvalue weighted by Crippen LogP contribution is -2.28. The monoisotopic (exact) mass is 387 g/mol. The van der Waals surface area contributed by atoms with Crippen molar-refractivity contribution in [2.24, 2.45) is 0 Å². The standard InChI is InChI=1S/C18H17N3O5S/c1-11(12-4-5-13-15(9-12)25-8-7-24-13)19-16(22)10-27-18-21-20-17(26-18)14-3-2-6-23-14/h2-6,9,11H,7-8,10H2,1H3,(H,19,22). The molecule has 3 aromatic rings. The number of nitrogens with zero attached hydrogens (tertiary/aromatic N) is 2. The Kier molecular flexibility index (Phi) is 5.01. The van der Waals surface area contributed by atoms with Gasteiger partial charge in [0, 0.05) is 0 Å². The van der Waals surface area contributed by atoms with Crippen molar-refractivity contribution in [3.05, 3.63) is 42.2 Å². The first kappa shape index (κ1) is 17.5. The highest BCUT2D eigenvalue weighted by Gasteiger charge is 2.17. The summed E-state index contributed by atoms with van der Waals surface area (Å²) in [6, 6.07) is 8.95. The number of amides is 1. The molecule has 1 aromatic carbocycles. The summed E-state index contributed by atoms with van der Waals surface area (Å²) in [6.45, 7) is 2.99. The van der Waals surface area contributed by atoms with Gasteiger partial charge in [-0.3, -0.25) is 4.79 Å². The van der Waals surface area contributed by atoms with Crippen LogP contribution in [0.1, 0.15) is 18.5 Å². The first-order valence-electron chi connectivity index (χ1n) is 8.38. The molecule has 1 amide bonds. The van der Waals surface area contributed by atoms with E-state index in [0.29, 0.717) is 29.9 Å². The molecule has 0 saturated carbocycles. The van der Waals surface area contributed by atoms with E-state index in [0.717, 1.165) is 11.3 Å². The van der Waals surface area contributed by atoms with Gasteiger partial charge in [-0.1, -0.05) is 17.8 Å². The van der Waals surface area contributed by atoms with E-state index in [9.17, 15) is 4.79 Å². The molecule has 0 aliphatic carbocycles. The number of carbonyl (C=O) groups excluding carboxylic acids is 1. The Morgan fingerprint density at radius 1 is 1.22 bits per heavy atom. The van der Waals surface area contributed by atoms with Gasteiger partial charge in [0.2, 0.25) is 5.91 Å². The summed E-state index contributed by atoms with van der Waals surface area (Å²) in [5.74, 6) is 2.22. The van der Waals surface area contributed by atoms with Gasteiger partial charge in [-0.15, -0.1) is 10.2 Å². The zero-order valence-electron chi connectivity index (χ0n) is 14.5. The summed E-state index contributed by atoms with van der Waals surface area (Å²) in [4.78, 5) is 12.2. The van der Waals surface area contributed by atoms with Crippen molar-refractivity contribution >= 4 is 17.7 Å². The van der Waals surface area contributed by atoms with Gasteiger partial charge < -0.3 is 23.6 Å². The van der Waals surface area contributed by atoms with Gasteiger partial charge in [0.25, 0.3) is 11.1 Å². The van der Waals surface area contributed by atoms with Crippen LogP contribution in [-0.4, -0.2) is 35.1 Å². The molecule has 1 aliphatic rings. The van der Waals surface area contributed by atoms with Gasteiger partial charge in [-0.2, -0.15) is 0 Å². The van der Waals surface area contributed by atoms with Crippen LogP contribution in [0.2, 0.25) is 0 Å². The lowest BCUT2D eigenvalue weighted by molar-refractivity contribution is -0.119. The third kappa shape index (κ3) is 4.08. The molecule has 1 aliphatic heterocycles. The summed E-state index contributed by atoms with van der Waals surface area (Å²) in [5, 5.41) is 11.1. The number of aromatic nitrogens is 2. The molecule has 27 heavy (non-hydrogen) atoms. The topological polar surface area (TPSA) is 99.6 Å². The zero-order valence-corrected chi connectivity index (χ0v) is 15.3. The van der Waals surface area contributed by atoms with E-state index in [1.807, 2.05) is 25.1 Å². The highest BCUT2D eigenvalue weighted by molar-refractivity contribution is 7.99. The molecule has 3 heterocycles. The maximum Gasteiger partial charge on any atom is 0.284 e. The number of ether oxygens (including phenoxy) is 2. The third-order valence-corrected chi connectivity index (χ3v) is 4.73. The SMILES string of the molecule is CC(NC(=O)CSc1nnc(-c2ccco2)o1)c1ccc2c(c1)OCCO2. The number of hydrogen-bond acceptors (Lipinski definition) is 8. The number of hydrogen-bond donors (Lipinski definition) is 1. The Morgan fingerprint density at radius 3 is 2.89 bits per heavy atom. The molecule has 140 valence electrons. The molecule has 8 nitrogen and oxygen atoms in total. The second-order valence-corrected chi connectivity index (χ2v) is 6.76. The highest BCUT2D eigenvalue weighted by Crippen LogP contribution is 2.32. The molecule has 0 spiro atoms. The molecular formula is C18H17N3O5S. The highest BCUT2D eigenvalue weighted by atomic mass is 32.2. The first-order valence-corrected chi connectivity index (χ1v) is 9.37. The molecular weight excluding hydrogens is 370 g/mol. The predicted molar refractivity (Wildman–Crippen MR) is 96.7 cm³/mol. The van der Waals surface area contributed by atoms with Crippen LogP contribution in [0.25, 0.3) is 11.7 Å². The van der Waals surface area contributed by atoms with Crippen LogP contribution in [0.5, 0.6) is 11.5 Å². The number of thioether (sulfide) groups is 1. The molecule has 0 radical (unpaired) electrons. The number of benzene rings is 1. The van der Waals surface area contributed by atoms with Crippen LogP contribution in [0.15, 0.2) is 50.7 Å². The van der Waals surface area contributed by atoms with E-state index in [4.69, 9.17) is 18.3 Å². The maximum atomic E-state index is 12.2. The van der Waals surface area contributed by atoms with E-state index in [1.54, 1.807) is 12.1 Å². The second kappa shape index (κ2) is 7.75. The van der Waals surface area contributed by atoms with Crippen LogP contribution < -0.4 is 14.8 Å². The van der Waals surface area contributed by atoms with Crippen molar-refractivity contribution < 1.29 is 23.1 Å². The molecule has 4 rings (SSSR count).